The van der Waals surface area contributed by atoms with E-state index in [-0.39, 0.29) is 17.2 Å². The number of ketones is 1. The van der Waals surface area contributed by atoms with Gasteiger partial charge in [0.15, 0.2) is 5.78 Å². The Labute approximate surface area is 163 Å². The summed E-state index contributed by atoms with van der Waals surface area (Å²) in [6, 6.07) is 5.49. The van der Waals surface area contributed by atoms with Gasteiger partial charge in [-0.3, -0.25) is 9.78 Å². The molecule has 0 saturated carbocycles. The molecule has 0 amide bonds. The Morgan fingerprint density at radius 3 is 2.93 bits per heavy atom. The molecule has 2 aromatic heterocycles. The van der Waals surface area contributed by atoms with Crippen LogP contribution in [0.3, 0.4) is 0 Å². The number of nitrogens with one attached hydrogen (secondary N) is 1. The number of fused-ring (bicyclic) bond motifs is 1. The van der Waals surface area contributed by atoms with Gasteiger partial charge in [0.1, 0.15) is 6.04 Å². The monoisotopic (exact) mass is 383 g/mol. The molecule has 1 unspecified atom stereocenters. The van der Waals surface area contributed by atoms with Crippen LogP contribution in [0.4, 0.5) is 5.95 Å². The van der Waals surface area contributed by atoms with Crippen LogP contribution >= 0.6 is 11.8 Å². The number of carbonyl (C=O) groups excluding carboxylic acids is 1. The van der Waals surface area contributed by atoms with Crippen LogP contribution in [-0.2, 0) is 4.79 Å². The number of unbranched alkanes of at least 4 members (excludes halogenated alkanes) is 1. The topological polar surface area (TPSA) is 72.7 Å². The first kappa shape index (κ1) is 18.2. The molecule has 0 spiro atoms. The highest BCUT2D eigenvalue weighted by molar-refractivity contribution is 7.99. The van der Waals surface area contributed by atoms with Gasteiger partial charge in [0.05, 0.1) is 5.69 Å². The van der Waals surface area contributed by atoms with Crippen molar-refractivity contribution in [1.29, 1.82) is 0 Å². The van der Waals surface area contributed by atoms with E-state index in [1.165, 1.54) is 0 Å². The first-order valence-electron chi connectivity index (χ1n) is 9.52. The summed E-state index contributed by atoms with van der Waals surface area (Å²) < 4.78 is 1.84. The number of aromatic nitrogens is 4. The Hall–Kier alpha value is -2.15. The SMILES string of the molecule is CCCCSc1nc2n(n1)C(c1ccccn1)C1=C(CC(C)(C)CC1=O)N2. The van der Waals surface area contributed by atoms with Crippen LogP contribution in [-0.4, -0.2) is 31.3 Å². The fraction of sp³-hybridized carbons (Fsp3) is 0.500. The molecule has 2 aromatic rings. The molecule has 142 valence electrons. The highest BCUT2D eigenvalue weighted by Crippen LogP contribution is 2.45. The van der Waals surface area contributed by atoms with E-state index < -0.39 is 0 Å². The number of thioether (sulfide) groups is 1. The summed E-state index contributed by atoms with van der Waals surface area (Å²) >= 11 is 1.66. The van der Waals surface area contributed by atoms with Crippen molar-refractivity contribution < 1.29 is 4.79 Å². The van der Waals surface area contributed by atoms with E-state index >= 15 is 0 Å². The smallest absolute Gasteiger partial charge is 0.227 e. The highest BCUT2D eigenvalue weighted by Gasteiger charge is 2.42. The first-order valence-corrected chi connectivity index (χ1v) is 10.5. The Balaban J connectivity index is 1.77. The third-order valence-corrected chi connectivity index (χ3v) is 5.93. The lowest BCUT2D eigenvalue weighted by atomic mass is 9.73. The van der Waals surface area contributed by atoms with Crippen molar-refractivity contribution in [3.63, 3.8) is 0 Å². The minimum absolute atomic E-state index is 0.0571. The van der Waals surface area contributed by atoms with Crippen molar-refractivity contribution in [1.82, 2.24) is 19.7 Å². The fourth-order valence-electron chi connectivity index (χ4n) is 3.77. The maximum Gasteiger partial charge on any atom is 0.227 e. The number of allylic oxidation sites excluding steroid dienone is 2. The van der Waals surface area contributed by atoms with Crippen molar-refractivity contribution in [2.45, 2.75) is 57.7 Å². The summed E-state index contributed by atoms with van der Waals surface area (Å²) in [5, 5.41) is 8.87. The molecule has 0 radical (unpaired) electrons. The number of pyridine rings is 1. The van der Waals surface area contributed by atoms with Gasteiger partial charge in [0.2, 0.25) is 11.1 Å². The molecule has 7 heteroatoms. The second kappa shape index (κ2) is 7.11. The molecule has 27 heavy (non-hydrogen) atoms. The largest absolute Gasteiger partial charge is 0.328 e. The maximum absolute atomic E-state index is 13.1. The molecular formula is C20H25N5OS. The van der Waals surface area contributed by atoms with Gasteiger partial charge in [-0.25, -0.2) is 4.68 Å². The van der Waals surface area contributed by atoms with Crippen LogP contribution in [0.25, 0.3) is 0 Å². The molecule has 3 heterocycles. The second-order valence-corrected chi connectivity index (χ2v) is 9.04. The molecule has 1 aliphatic heterocycles. The molecule has 0 fully saturated rings. The van der Waals surface area contributed by atoms with E-state index in [2.05, 4.69) is 31.1 Å². The van der Waals surface area contributed by atoms with E-state index in [1.807, 2.05) is 22.9 Å². The van der Waals surface area contributed by atoms with Gasteiger partial charge in [-0.05, 0) is 30.4 Å². The predicted molar refractivity (Wildman–Crippen MR) is 107 cm³/mol. The lowest BCUT2D eigenvalue weighted by Crippen LogP contribution is -2.36. The first-order chi connectivity index (χ1) is 13.0. The molecule has 0 aromatic carbocycles. The van der Waals surface area contributed by atoms with E-state index in [9.17, 15) is 4.79 Å². The van der Waals surface area contributed by atoms with Crippen LogP contribution in [0, 0.1) is 5.41 Å². The number of nitrogens with zero attached hydrogens (tertiary/aromatic N) is 4. The highest BCUT2D eigenvalue weighted by atomic mass is 32.2. The van der Waals surface area contributed by atoms with Gasteiger partial charge >= 0.3 is 0 Å². The van der Waals surface area contributed by atoms with Crippen molar-refractivity contribution in [2.75, 3.05) is 11.1 Å². The average Bonchev–Trinajstić information content (AvgIpc) is 3.02. The Morgan fingerprint density at radius 1 is 1.33 bits per heavy atom. The lowest BCUT2D eigenvalue weighted by molar-refractivity contribution is -0.118. The summed E-state index contributed by atoms with van der Waals surface area (Å²) in [6.45, 7) is 6.45. The molecule has 4 rings (SSSR count). The molecule has 0 bridgehead atoms. The number of Topliss-reactive ketones (excluding diaryl/α,β-unsaturated/α-hetero) is 1. The van der Waals surface area contributed by atoms with Gasteiger partial charge in [-0.2, -0.15) is 4.98 Å². The van der Waals surface area contributed by atoms with Gasteiger partial charge in [0, 0.05) is 29.6 Å². The number of hydrogen-bond donors (Lipinski definition) is 1. The van der Waals surface area contributed by atoms with Crippen molar-refractivity contribution in [3.05, 3.63) is 41.4 Å². The zero-order chi connectivity index (χ0) is 19.0. The molecular weight excluding hydrogens is 358 g/mol. The Morgan fingerprint density at radius 2 is 2.19 bits per heavy atom. The number of hydrogen-bond acceptors (Lipinski definition) is 6. The number of anilines is 1. The van der Waals surface area contributed by atoms with Gasteiger partial charge in [-0.15, -0.1) is 5.10 Å². The molecule has 1 atom stereocenters. The van der Waals surface area contributed by atoms with Crippen LogP contribution < -0.4 is 5.32 Å². The van der Waals surface area contributed by atoms with Crippen molar-refractivity contribution in [2.24, 2.45) is 5.41 Å². The van der Waals surface area contributed by atoms with Crippen LogP contribution in [0.15, 0.2) is 40.8 Å². The third-order valence-electron chi connectivity index (χ3n) is 5.01. The lowest BCUT2D eigenvalue weighted by Gasteiger charge is -2.37. The van der Waals surface area contributed by atoms with Crippen LogP contribution in [0.1, 0.15) is 58.2 Å². The zero-order valence-corrected chi connectivity index (χ0v) is 16.8. The minimum Gasteiger partial charge on any atom is -0.328 e. The average molecular weight is 384 g/mol. The summed E-state index contributed by atoms with van der Waals surface area (Å²) in [4.78, 5) is 22.3. The summed E-state index contributed by atoms with van der Waals surface area (Å²) in [5.41, 5.74) is 2.53. The Kier molecular flexibility index (Phi) is 4.80. The van der Waals surface area contributed by atoms with Gasteiger partial charge in [-0.1, -0.05) is 45.0 Å². The molecule has 6 nitrogen and oxygen atoms in total. The minimum atomic E-state index is -0.311. The predicted octanol–water partition coefficient (Wildman–Crippen LogP) is 4.22. The maximum atomic E-state index is 13.1. The summed E-state index contributed by atoms with van der Waals surface area (Å²) in [6.07, 6.45) is 5.41. The van der Waals surface area contributed by atoms with Crippen LogP contribution in [0.5, 0.6) is 0 Å². The van der Waals surface area contributed by atoms with E-state index in [4.69, 9.17) is 10.1 Å². The zero-order valence-electron chi connectivity index (χ0n) is 16.0. The third kappa shape index (κ3) is 3.52. The molecule has 0 saturated heterocycles. The van der Waals surface area contributed by atoms with E-state index in [0.29, 0.717) is 12.4 Å². The van der Waals surface area contributed by atoms with Crippen LogP contribution in [0.2, 0.25) is 0 Å². The second-order valence-electron chi connectivity index (χ2n) is 7.98. The molecule has 2 aliphatic rings. The van der Waals surface area contributed by atoms with E-state index in [0.717, 1.165) is 47.1 Å². The quantitative estimate of drug-likeness (QED) is 0.615. The van der Waals surface area contributed by atoms with Gasteiger partial charge < -0.3 is 5.32 Å². The molecule has 1 aliphatic carbocycles. The van der Waals surface area contributed by atoms with E-state index in [1.54, 1.807) is 18.0 Å². The number of carbonyl (C=O) groups is 1. The summed E-state index contributed by atoms with van der Waals surface area (Å²) in [5.74, 6) is 1.87. The fourth-order valence-corrected chi connectivity index (χ4v) is 4.68. The molecule has 1 N–H and O–H groups in total. The number of rotatable bonds is 5. The van der Waals surface area contributed by atoms with Crippen molar-refractivity contribution >= 4 is 23.5 Å². The van der Waals surface area contributed by atoms with Crippen molar-refractivity contribution in [3.8, 4) is 0 Å². The van der Waals surface area contributed by atoms with Gasteiger partial charge in [0.25, 0.3) is 0 Å². The normalized spacial score (nSPS) is 20.9. The Bertz CT molecular complexity index is 887. The standard InChI is InChI=1S/C20H25N5OS/c1-4-5-10-27-19-23-18-22-14-11-20(2,3)12-15(26)16(14)17(25(18)24-19)13-8-6-7-9-21-13/h6-9,17H,4-5,10-12H2,1-3H3,(H,22,23,24). The summed E-state index contributed by atoms with van der Waals surface area (Å²) in [7, 11) is 0.